The van der Waals surface area contributed by atoms with Gasteiger partial charge in [0.25, 0.3) is 0 Å². The van der Waals surface area contributed by atoms with Gasteiger partial charge in [-0.15, -0.1) is 24.0 Å². The summed E-state index contributed by atoms with van der Waals surface area (Å²) in [6, 6.07) is 8.96. The molecule has 0 saturated carbocycles. The Bertz CT molecular complexity index is 537. The summed E-state index contributed by atoms with van der Waals surface area (Å²) >= 11 is 11.4. The summed E-state index contributed by atoms with van der Waals surface area (Å²) in [5.41, 5.74) is 0.796. The third-order valence-electron chi connectivity index (χ3n) is 2.10. The van der Waals surface area contributed by atoms with Crippen LogP contribution < -0.4 is 0 Å². The van der Waals surface area contributed by atoms with Crippen molar-refractivity contribution in [3.8, 4) is 0 Å². The number of hydrogen-bond acceptors (Lipinski definition) is 4. The Balaban J connectivity index is 1.99. The fourth-order valence-corrected chi connectivity index (χ4v) is 2.49. The van der Waals surface area contributed by atoms with Crippen LogP contribution >= 0.6 is 35.6 Å². The van der Waals surface area contributed by atoms with Crippen molar-refractivity contribution in [3.05, 3.63) is 51.2 Å². The van der Waals surface area contributed by atoms with Gasteiger partial charge >= 0.3 is 5.97 Å². The molecular weight excluding hydrogens is 276 g/mol. The molecule has 0 aliphatic heterocycles. The van der Waals surface area contributed by atoms with Crippen molar-refractivity contribution in [2.75, 3.05) is 0 Å². The number of ether oxygens (including phenoxy) is 1. The lowest BCUT2D eigenvalue weighted by Gasteiger charge is -2.04. The maximum Gasteiger partial charge on any atom is 0.348 e. The first-order valence-corrected chi connectivity index (χ1v) is 6.55. The molecule has 0 saturated heterocycles. The van der Waals surface area contributed by atoms with E-state index in [4.69, 9.17) is 16.3 Å². The van der Waals surface area contributed by atoms with Crippen molar-refractivity contribution in [2.45, 2.75) is 11.5 Å². The lowest BCUT2D eigenvalue weighted by Crippen LogP contribution is -2.03. The van der Waals surface area contributed by atoms with Crippen molar-refractivity contribution in [2.24, 2.45) is 0 Å². The van der Waals surface area contributed by atoms with E-state index in [9.17, 15) is 4.79 Å². The zero-order chi connectivity index (χ0) is 12.3. The fourth-order valence-electron chi connectivity index (χ4n) is 1.26. The van der Waals surface area contributed by atoms with Crippen LogP contribution in [0.25, 0.3) is 0 Å². The van der Waals surface area contributed by atoms with Gasteiger partial charge in [0.15, 0.2) is 0 Å². The molecule has 88 valence electrons. The number of carbonyl (C=O) groups is 1. The quantitative estimate of drug-likeness (QED) is 0.680. The number of esters is 1. The standard InChI is InChI=1S/C12H9ClO2S2/c13-10-4-2-1-3-8(10)6-15-12(14)11-5-9(16)7-17-11/h1-5,7,16H,6H2. The molecule has 0 atom stereocenters. The van der Waals surface area contributed by atoms with Crippen LogP contribution in [-0.4, -0.2) is 5.97 Å². The van der Waals surface area contributed by atoms with Crippen molar-refractivity contribution in [1.29, 1.82) is 0 Å². The number of benzene rings is 1. The molecule has 0 aliphatic carbocycles. The SMILES string of the molecule is O=C(OCc1ccccc1Cl)c1cc(S)cs1. The van der Waals surface area contributed by atoms with Gasteiger partial charge < -0.3 is 4.74 Å². The van der Waals surface area contributed by atoms with Gasteiger partial charge in [0.2, 0.25) is 0 Å². The summed E-state index contributed by atoms with van der Waals surface area (Å²) in [6.45, 7) is 0.179. The fraction of sp³-hybridized carbons (Fsp3) is 0.0833. The van der Waals surface area contributed by atoms with E-state index in [2.05, 4.69) is 12.6 Å². The molecule has 0 spiro atoms. The van der Waals surface area contributed by atoms with Crippen molar-refractivity contribution < 1.29 is 9.53 Å². The molecule has 1 aromatic heterocycles. The molecule has 0 N–H and O–H groups in total. The summed E-state index contributed by atoms with van der Waals surface area (Å²) in [5.74, 6) is -0.352. The Labute approximate surface area is 114 Å². The molecule has 17 heavy (non-hydrogen) atoms. The maximum absolute atomic E-state index is 11.7. The van der Waals surface area contributed by atoms with E-state index >= 15 is 0 Å². The number of rotatable bonds is 3. The first kappa shape index (κ1) is 12.5. The second-order valence-corrected chi connectivity index (χ2v) is 5.17. The maximum atomic E-state index is 11.7. The van der Waals surface area contributed by atoms with Crippen molar-refractivity contribution in [3.63, 3.8) is 0 Å². The van der Waals surface area contributed by atoms with E-state index in [0.29, 0.717) is 9.90 Å². The molecule has 0 amide bonds. The van der Waals surface area contributed by atoms with E-state index in [0.717, 1.165) is 10.5 Å². The van der Waals surface area contributed by atoms with Crippen molar-refractivity contribution >= 4 is 41.5 Å². The topological polar surface area (TPSA) is 26.3 Å². The number of carbonyl (C=O) groups excluding carboxylic acids is 1. The van der Waals surface area contributed by atoms with Crippen LogP contribution in [0.5, 0.6) is 0 Å². The molecule has 0 bridgehead atoms. The van der Waals surface area contributed by atoms with Gasteiger partial charge in [-0.05, 0) is 12.1 Å². The van der Waals surface area contributed by atoms with Crippen LogP contribution in [-0.2, 0) is 11.3 Å². The molecule has 0 aliphatic rings. The van der Waals surface area contributed by atoms with Crippen LogP contribution in [0.1, 0.15) is 15.2 Å². The molecule has 2 rings (SSSR count). The van der Waals surface area contributed by atoms with Gasteiger partial charge in [-0.2, -0.15) is 0 Å². The molecule has 2 aromatic rings. The molecule has 0 radical (unpaired) electrons. The number of hydrogen-bond donors (Lipinski definition) is 1. The molecule has 0 unspecified atom stereocenters. The Hall–Kier alpha value is -0.970. The highest BCUT2D eigenvalue weighted by atomic mass is 35.5. The van der Waals surface area contributed by atoms with Gasteiger partial charge in [-0.3, -0.25) is 0 Å². The second kappa shape index (κ2) is 5.58. The second-order valence-electron chi connectivity index (χ2n) is 3.34. The lowest BCUT2D eigenvalue weighted by atomic mass is 10.2. The Morgan fingerprint density at radius 3 is 2.82 bits per heavy atom. The highest BCUT2D eigenvalue weighted by Gasteiger charge is 2.10. The molecule has 0 fully saturated rings. The van der Waals surface area contributed by atoms with Crippen LogP contribution in [0.2, 0.25) is 5.02 Å². The summed E-state index contributed by atoms with van der Waals surface area (Å²) < 4.78 is 5.16. The summed E-state index contributed by atoms with van der Waals surface area (Å²) in [6.07, 6.45) is 0. The number of thiol groups is 1. The lowest BCUT2D eigenvalue weighted by molar-refractivity contribution is 0.0478. The molecule has 1 heterocycles. The van der Waals surface area contributed by atoms with Crippen LogP contribution in [0.3, 0.4) is 0 Å². The number of halogens is 1. The molecular formula is C12H9ClO2S2. The Kier molecular flexibility index (Phi) is 4.10. The van der Waals surface area contributed by atoms with Crippen molar-refractivity contribution in [1.82, 2.24) is 0 Å². The van der Waals surface area contributed by atoms with Gasteiger partial charge in [0, 0.05) is 20.9 Å². The predicted octanol–water partition coefficient (Wildman–Crippen LogP) is 4.05. The van der Waals surface area contributed by atoms with E-state index in [1.165, 1.54) is 11.3 Å². The number of thiophene rings is 1. The Morgan fingerprint density at radius 1 is 1.41 bits per heavy atom. The molecule has 1 aromatic carbocycles. The average Bonchev–Trinajstić information content (AvgIpc) is 2.74. The van der Waals surface area contributed by atoms with E-state index < -0.39 is 0 Å². The predicted molar refractivity (Wildman–Crippen MR) is 72.1 cm³/mol. The highest BCUT2D eigenvalue weighted by molar-refractivity contribution is 7.80. The van der Waals surface area contributed by atoms with Gasteiger partial charge in [-0.25, -0.2) is 4.79 Å². The summed E-state index contributed by atoms with van der Waals surface area (Å²) in [5, 5.41) is 2.39. The zero-order valence-corrected chi connectivity index (χ0v) is 11.2. The van der Waals surface area contributed by atoms with Crippen LogP contribution in [0.4, 0.5) is 0 Å². The Morgan fingerprint density at radius 2 is 2.18 bits per heavy atom. The molecule has 5 heteroatoms. The third kappa shape index (κ3) is 3.25. The average molecular weight is 285 g/mol. The van der Waals surface area contributed by atoms with E-state index in [-0.39, 0.29) is 12.6 Å². The monoisotopic (exact) mass is 284 g/mol. The third-order valence-corrected chi connectivity index (χ3v) is 3.82. The first-order chi connectivity index (χ1) is 8.16. The zero-order valence-electron chi connectivity index (χ0n) is 8.72. The largest absolute Gasteiger partial charge is 0.457 e. The summed E-state index contributed by atoms with van der Waals surface area (Å²) in [4.78, 5) is 13.0. The highest BCUT2D eigenvalue weighted by Crippen LogP contribution is 2.20. The summed E-state index contributed by atoms with van der Waals surface area (Å²) in [7, 11) is 0. The van der Waals surface area contributed by atoms with Gasteiger partial charge in [0.05, 0.1) is 0 Å². The smallest absolute Gasteiger partial charge is 0.348 e. The minimum Gasteiger partial charge on any atom is -0.457 e. The van der Waals surface area contributed by atoms with E-state index in [1.807, 2.05) is 18.2 Å². The molecule has 2 nitrogen and oxygen atoms in total. The van der Waals surface area contributed by atoms with Gasteiger partial charge in [0.1, 0.15) is 11.5 Å². The minimum atomic E-state index is -0.352. The normalized spacial score (nSPS) is 10.2. The van der Waals surface area contributed by atoms with E-state index in [1.54, 1.807) is 17.5 Å². The van der Waals surface area contributed by atoms with Crippen LogP contribution in [0.15, 0.2) is 40.6 Å². The minimum absolute atomic E-state index is 0.179. The van der Waals surface area contributed by atoms with Crippen LogP contribution in [0, 0.1) is 0 Å². The van der Waals surface area contributed by atoms with Gasteiger partial charge in [-0.1, -0.05) is 29.8 Å². The first-order valence-electron chi connectivity index (χ1n) is 4.85.